The Labute approximate surface area is 219 Å². The molecule has 1 unspecified atom stereocenters. The summed E-state index contributed by atoms with van der Waals surface area (Å²) in [7, 11) is 0. The van der Waals surface area contributed by atoms with Gasteiger partial charge in [0.15, 0.2) is 0 Å². The Morgan fingerprint density at radius 2 is 1.76 bits per heavy atom. The van der Waals surface area contributed by atoms with Gasteiger partial charge in [-0.25, -0.2) is 0 Å². The third-order valence-corrected chi connectivity index (χ3v) is 7.33. The zero-order valence-corrected chi connectivity index (χ0v) is 22.6. The van der Waals surface area contributed by atoms with Gasteiger partial charge >= 0.3 is 0 Å². The Morgan fingerprint density at radius 3 is 2.38 bits per heavy atom. The molecular formula is C31H38N2O4. The van der Waals surface area contributed by atoms with Crippen LogP contribution in [0, 0.1) is 6.92 Å². The number of rotatable bonds is 8. The molecule has 6 nitrogen and oxygen atoms in total. The normalized spacial score (nSPS) is 15.5. The molecule has 3 aromatic rings. The molecule has 0 spiro atoms. The first-order valence-electron chi connectivity index (χ1n) is 13.3. The molecule has 0 aliphatic carbocycles. The van der Waals surface area contributed by atoms with E-state index in [9.17, 15) is 14.7 Å². The van der Waals surface area contributed by atoms with Crippen LogP contribution in [0.2, 0.25) is 0 Å². The van der Waals surface area contributed by atoms with Crippen LogP contribution in [-0.2, 0) is 24.2 Å². The van der Waals surface area contributed by atoms with Gasteiger partial charge in [0.05, 0.1) is 24.1 Å². The van der Waals surface area contributed by atoms with Crippen LogP contribution in [0.25, 0.3) is 5.69 Å². The summed E-state index contributed by atoms with van der Waals surface area (Å²) in [5.74, 6) is -0.503. The second kappa shape index (κ2) is 11.3. The molecule has 37 heavy (non-hydrogen) atoms. The lowest BCUT2D eigenvalue weighted by atomic mass is 9.94. The van der Waals surface area contributed by atoms with Gasteiger partial charge in [-0.3, -0.25) is 14.2 Å². The molecule has 2 heterocycles. The standard InChI is InChI=1S/C31H38N2O4/c1-6-22-12-10-13-23(7-2)29(22)33-25(19-37-20(3)4)17-27(34)28(31(33)36)30(35)32-16-15-24(18-32)26-14-9-8-11-21(26)5/h8-14,17,20,24,34H,6-7,15-16,18-19H2,1-5H3. The number of benzene rings is 2. The van der Waals surface area contributed by atoms with Crippen LogP contribution in [0.4, 0.5) is 0 Å². The van der Waals surface area contributed by atoms with E-state index in [2.05, 4.69) is 32.9 Å². The van der Waals surface area contributed by atoms with Crippen molar-refractivity contribution in [1.82, 2.24) is 9.47 Å². The summed E-state index contributed by atoms with van der Waals surface area (Å²) in [6.45, 7) is 11.2. The number of aryl methyl sites for hydroxylation is 3. The predicted octanol–water partition coefficient (Wildman–Crippen LogP) is 5.53. The van der Waals surface area contributed by atoms with E-state index < -0.39 is 11.5 Å². The number of aromatic hydroxyl groups is 1. The van der Waals surface area contributed by atoms with Crippen LogP contribution in [0.15, 0.2) is 53.3 Å². The fourth-order valence-electron chi connectivity index (χ4n) is 5.35. The Morgan fingerprint density at radius 1 is 1.08 bits per heavy atom. The highest BCUT2D eigenvalue weighted by molar-refractivity contribution is 5.97. The summed E-state index contributed by atoms with van der Waals surface area (Å²) in [4.78, 5) is 29.5. The molecule has 1 amide bonds. The zero-order chi connectivity index (χ0) is 26.7. The van der Waals surface area contributed by atoms with E-state index in [1.807, 2.05) is 44.2 Å². The quantitative estimate of drug-likeness (QED) is 0.440. The van der Waals surface area contributed by atoms with E-state index in [1.165, 1.54) is 17.2 Å². The smallest absolute Gasteiger partial charge is 0.272 e. The summed E-state index contributed by atoms with van der Waals surface area (Å²) in [6.07, 6.45) is 2.23. The summed E-state index contributed by atoms with van der Waals surface area (Å²) in [6, 6.07) is 15.8. The molecule has 4 rings (SSSR count). The van der Waals surface area contributed by atoms with Crippen molar-refractivity contribution in [3.63, 3.8) is 0 Å². The largest absolute Gasteiger partial charge is 0.507 e. The van der Waals surface area contributed by atoms with E-state index in [1.54, 1.807) is 9.47 Å². The van der Waals surface area contributed by atoms with Gasteiger partial charge in [0.25, 0.3) is 11.5 Å². The summed E-state index contributed by atoms with van der Waals surface area (Å²) in [5, 5.41) is 11.0. The van der Waals surface area contributed by atoms with Crippen molar-refractivity contribution in [3.8, 4) is 11.4 Å². The molecular weight excluding hydrogens is 464 g/mol. The number of likely N-dealkylation sites (tertiary alicyclic amines) is 1. The van der Waals surface area contributed by atoms with Gasteiger partial charge < -0.3 is 14.7 Å². The van der Waals surface area contributed by atoms with Crippen LogP contribution in [0.3, 0.4) is 0 Å². The van der Waals surface area contributed by atoms with Crippen LogP contribution in [-0.4, -0.2) is 39.7 Å². The average molecular weight is 503 g/mol. The zero-order valence-electron chi connectivity index (χ0n) is 22.6. The van der Waals surface area contributed by atoms with Gasteiger partial charge in [0.1, 0.15) is 11.3 Å². The molecule has 1 aromatic heterocycles. The number of pyridine rings is 1. The SMILES string of the molecule is CCc1cccc(CC)c1-n1c(COC(C)C)cc(O)c(C(=O)N2CCC(c3ccccc3C)C2)c1=O. The lowest BCUT2D eigenvalue weighted by molar-refractivity contribution is 0.0619. The predicted molar refractivity (Wildman–Crippen MR) is 147 cm³/mol. The molecule has 196 valence electrons. The molecule has 1 atom stereocenters. The highest BCUT2D eigenvalue weighted by Gasteiger charge is 2.33. The molecule has 2 aromatic carbocycles. The Hall–Kier alpha value is -3.38. The Balaban J connectivity index is 1.80. The summed E-state index contributed by atoms with van der Waals surface area (Å²) < 4.78 is 7.45. The van der Waals surface area contributed by atoms with E-state index >= 15 is 0 Å². The molecule has 6 heteroatoms. The molecule has 0 bridgehead atoms. The number of hydrogen-bond donors (Lipinski definition) is 1. The van der Waals surface area contributed by atoms with Gasteiger partial charge in [-0.2, -0.15) is 0 Å². The lowest BCUT2D eigenvalue weighted by Crippen LogP contribution is -2.36. The summed E-state index contributed by atoms with van der Waals surface area (Å²) in [5.41, 5.74) is 5.09. The van der Waals surface area contributed by atoms with Gasteiger partial charge in [-0.15, -0.1) is 0 Å². The van der Waals surface area contributed by atoms with Crippen LogP contribution >= 0.6 is 0 Å². The van der Waals surface area contributed by atoms with Gasteiger partial charge in [0.2, 0.25) is 0 Å². The van der Waals surface area contributed by atoms with Crippen molar-refractivity contribution >= 4 is 5.91 Å². The molecule has 1 fully saturated rings. The number of amides is 1. The maximum Gasteiger partial charge on any atom is 0.272 e. The first-order valence-corrected chi connectivity index (χ1v) is 13.3. The highest BCUT2D eigenvalue weighted by atomic mass is 16.5. The van der Waals surface area contributed by atoms with Crippen LogP contribution in [0.1, 0.15) is 78.3 Å². The third-order valence-electron chi connectivity index (χ3n) is 7.33. The number of para-hydroxylation sites is 1. The van der Waals surface area contributed by atoms with Crippen LogP contribution < -0.4 is 5.56 Å². The van der Waals surface area contributed by atoms with E-state index in [4.69, 9.17) is 4.74 Å². The van der Waals surface area contributed by atoms with Crippen molar-refractivity contribution in [2.45, 2.75) is 72.5 Å². The molecule has 1 aliphatic heterocycles. The van der Waals surface area contributed by atoms with E-state index in [0.29, 0.717) is 18.8 Å². The second-order valence-electron chi connectivity index (χ2n) is 10.1. The van der Waals surface area contributed by atoms with Crippen molar-refractivity contribution in [2.24, 2.45) is 0 Å². The number of carbonyl (C=O) groups is 1. The van der Waals surface area contributed by atoms with Crippen molar-refractivity contribution in [1.29, 1.82) is 0 Å². The van der Waals surface area contributed by atoms with Crippen molar-refractivity contribution < 1.29 is 14.6 Å². The molecule has 1 saturated heterocycles. The minimum Gasteiger partial charge on any atom is -0.507 e. The average Bonchev–Trinajstić information content (AvgIpc) is 3.37. The molecule has 1 aliphatic rings. The van der Waals surface area contributed by atoms with Gasteiger partial charge in [-0.1, -0.05) is 56.3 Å². The fraction of sp³-hybridized carbons (Fsp3) is 0.419. The second-order valence-corrected chi connectivity index (χ2v) is 10.1. The monoisotopic (exact) mass is 502 g/mol. The lowest BCUT2D eigenvalue weighted by Gasteiger charge is -2.23. The minimum absolute atomic E-state index is 0.0537. The Bertz CT molecular complexity index is 1320. The van der Waals surface area contributed by atoms with Crippen molar-refractivity contribution in [3.05, 3.63) is 92.4 Å². The van der Waals surface area contributed by atoms with Crippen molar-refractivity contribution in [2.75, 3.05) is 13.1 Å². The number of hydrogen-bond acceptors (Lipinski definition) is 4. The summed E-state index contributed by atoms with van der Waals surface area (Å²) >= 11 is 0. The fourth-order valence-corrected chi connectivity index (χ4v) is 5.35. The number of ether oxygens (including phenoxy) is 1. The Kier molecular flexibility index (Phi) is 8.18. The highest BCUT2D eigenvalue weighted by Crippen LogP contribution is 2.32. The topological polar surface area (TPSA) is 71.8 Å². The first-order chi connectivity index (χ1) is 17.8. The van der Waals surface area contributed by atoms with Gasteiger partial charge in [-0.05, 0) is 62.3 Å². The molecule has 1 N–H and O–H groups in total. The number of nitrogens with zero attached hydrogens (tertiary/aromatic N) is 2. The van der Waals surface area contributed by atoms with E-state index in [-0.39, 0.29) is 29.9 Å². The van der Waals surface area contributed by atoms with Gasteiger partial charge in [0, 0.05) is 25.1 Å². The van der Waals surface area contributed by atoms with Crippen LogP contribution in [0.5, 0.6) is 5.75 Å². The molecule has 0 saturated carbocycles. The minimum atomic E-state index is -0.498. The first kappa shape index (κ1) is 26.7. The van der Waals surface area contributed by atoms with E-state index in [0.717, 1.165) is 36.1 Å². The maximum absolute atomic E-state index is 14.1. The number of aromatic nitrogens is 1. The molecule has 0 radical (unpaired) electrons. The number of carbonyl (C=O) groups excluding carboxylic acids is 1. The third kappa shape index (κ3) is 5.35. The maximum atomic E-state index is 14.1.